The molecule has 0 aliphatic heterocycles. The summed E-state index contributed by atoms with van der Waals surface area (Å²) in [4.78, 5) is 12.4. The zero-order valence-electron chi connectivity index (χ0n) is 21.6. The standard InChI is InChI=1S/C28H28ClF3N6O2/c1-2-3-4-22(34-21-10-5-19(6-11-21)27(39)33-16-26-35-37-38-36-26)17-40-23-12-7-18(8-13-23)24-14-9-20(15-25(24)29)28(30,31)32/h5-15,22,34H,2-4,16-17H2,1H3,(H,33,39)(H,35,36,37,38). The Morgan fingerprint density at radius 1 is 1.07 bits per heavy atom. The molecule has 4 aromatic rings. The molecule has 40 heavy (non-hydrogen) atoms. The largest absolute Gasteiger partial charge is 0.491 e. The zero-order valence-corrected chi connectivity index (χ0v) is 22.4. The molecule has 1 aromatic heterocycles. The number of anilines is 1. The molecule has 0 saturated carbocycles. The lowest BCUT2D eigenvalue weighted by molar-refractivity contribution is -0.137. The van der Waals surface area contributed by atoms with Gasteiger partial charge in [0.1, 0.15) is 12.4 Å². The molecule has 3 N–H and O–H groups in total. The van der Waals surface area contributed by atoms with Crippen LogP contribution in [-0.4, -0.2) is 39.2 Å². The van der Waals surface area contributed by atoms with Crippen LogP contribution >= 0.6 is 11.6 Å². The molecule has 1 unspecified atom stereocenters. The van der Waals surface area contributed by atoms with Gasteiger partial charge < -0.3 is 15.4 Å². The second-order valence-corrected chi connectivity index (χ2v) is 9.53. The average Bonchev–Trinajstić information content (AvgIpc) is 3.47. The maximum Gasteiger partial charge on any atom is 0.416 e. The molecule has 0 spiro atoms. The highest BCUT2D eigenvalue weighted by Crippen LogP contribution is 2.36. The number of hydrogen-bond donors (Lipinski definition) is 3. The number of ether oxygens (including phenoxy) is 1. The minimum Gasteiger partial charge on any atom is -0.491 e. The molecule has 0 aliphatic rings. The van der Waals surface area contributed by atoms with E-state index in [1.54, 1.807) is 36.4 Å². The van der Waals surface area contributed by atoms with Crippen molar-refractivity contribution in [3.8, 4) is 16.9 Å². The van der Waals surface area contributed by atoms with Gasteiger partial charge in [0, 0.05) is 21.8 Å². The summed E-state index contributed by atoms with van der Waals surface area (Å²) in [7, 11) is 0. The molecule has 0 bridgehead atoms. The molecule has 4 rings (SSSR count). The summed E-state index contributed by atoms with van der Waals surface area (Å²) < 4.78 is 44.8. The number of benzene rings is 3. The summed E-state index contributed by atoms with van der Waals surface area (Å²) in [5, 5.41) is 19.5. The Hall–Kier alpha value is -4.12. The van der Waals surface area contributed by atoms with Gasteiger partial charge in [0.2, 0.25) is 0 Å². The summed E-state index contributed by atoms with van der Waals surface area (Å²) in [6.07, 6.45) is -1.54. The Bertz CT molecular complexity index is 1380. The number of carbonyl (C=O) groups excluding carboxylic acids is 1. The van der Waals surface area contributed by atoms with Crippen LogP contribution in [0.1, 0.15) is 47.9 Å². The van der Waals surface area contributed by atoms with Crippen LogP contribution < -0.4 is 15.4 Å². The van der Waals surface area contributed by atoms with Crippen molar-refractivity contribution >= 4 is 23.2 Å². The van der Waals surface area contributed by atoms with Gasteiger partial charge in [0.25, 0.3) is 5.91 Å². The Labute approximate surface area is 234 Å². The Balaban J connectivity index is 1.34. The van der Waals surface area contributed by atoms with Crippen molar-refractivity contribution < 1.29 is 22.7 Å². The highest BCUT2D eigenvalue weighted by atomic mass is 35.5. The van der Waals surface area contributed by atoms with E-state index in [2.05, 4.69) is 38.2 Å². The predicted octanol–water partition coefficient (Wildman–Crippen LogP) is 6.52. The number of tetrazole rings is 1. The molecule has 0 radical (unpaired) electrons. The van der Waals surface area contributed by atoms with E-state index < -0.39 is 11.7 Å². The fraction of sp³-hybridized carbons (Fsp3) is 0.286. The zero-order chi connectivity index (χ0) is 28.5. The van der Waals surface area contributed by atoms with Crippen LogP contribution in [0.25, 0.3) is 11.1 Å². The van der Waals surface area contributed by atoms with E-state index in [0.717, 1.165) is 37.1 Å². The third-order valence-corrected chi connectivity index (χ3v) is 6.46. The number of nitrogens with zero attached hydrogens (tertiary/aromatic N) is 3. The third-order valence-electron chi connectivity index (χ3n) is 6.14. The molecule has 8 nitrogen and oxygen atoms in total. The molecule has 1 heterocycles. The van der Waals surface area contributed by atoms with Crippen LogP contribution in [0.3, 0.4) is 0 Å². The number of H-pyrrole nitrogens is 1. The molecular weight excluding hydrogens is 545 g/mol. The number of alkyl halides is 3. The molecule has 0 fully saturated rings. The first-order valence-corrected chi connectivity index (χ1v) is 13.1. The number of carbonyl (C=O) groups is 1. The lowest BCUT2D eigenvalue weighted by Gasteiger charge is -2.21. The monoisotopic (exact) mass is 572 g/mol. The van der Waals surface area contributed by atoms with Gasteiger partial charge in [-0.3, -0.25) is 4.79 Å². The predicted molar refractivity (Wildman–Crippen MR) is 146 cm³/mol. The quantitative estimate of drug-likeness (QED) is 0.178. The first-order valence-electron chi connectivity index (χ1n) is 12.7. The van der Waals surface area contributed by atoms with E-state index in [4.69, 9.17) is 16.3 Å². The average molecular weight is 573 g/mol. The van der Waals surface area contributed by atoms with Gasteiger partial charge >= 0.3 is 6.18 Å². The van der Waals surface area contributed by atoms with E-state index in [9.17, 15) is 18.0 Å². The van der Waals surface area contributed by atoms with Gasteiger partial charge in [0.15, 0.2) is 5.82 Å². The van der Waals surface area contributed by atoms with E-state index >= 15 is 0 Å². The maximum absolute atomic E-state index is 12.9. The minimum absolute atomic E-state index is 0.0163. The lowest BCUT2D eigenvalue weighted by Crippen LogP contribution is -2.27. The summed E-state index contributed by atoms with van der Waals surface area (Å²) in [5.74, 6) is 0.849. The minimum atomic E-state index is -4.45. The van der Waals surface area contributed by atoms with E-state index in [0.29, 0.717) is 34.9 Å². The van der Waals surface area contributed by atoms with Crippen molar-refractivity contribution in [2.24, 2.45) is 0 Å². The summed E-state index contributed by atoms with van der Waals surface area (Å²) in [5.41, 5.74) is 1.77. The fourth-order valence-corrected chi connectivity index (χ4v) is 4.26. The molecule has 0 saturated heterocycles. The van der Waals surface area contributed by atoms with Crippen molar-refractivity contribution in [3.05, 3.63) is 88.7 Å². The second kappa shape index (κ2) is 13.3. The maximum atomic E-state index is 12.9. The number of aromatic nitrogens is 4. The van der Waals surface area contributed by atoms with Crippen molar-refractivity contribution in [1.82, 2.24) is 25.9 Å². The van der Waals surface area contributed by atoms with E-state index in [-0.39, 0.29) is 23.5 Å². The van der Waals surface area contributed by atoms with Gasteiger partial charge in [-0.1, -0.05) is 49.6 Å². The van der Waals surface area contributed by atoms with Crippen molar-refractivity contribution in [2.75, 3.05) is 11.9 Å². The highest BCUT2D eigenvalue weighted by molar-refractivity contribution is 6.33. The van der Waals surface area contributed by atoms with Gasteiger partial charge in [-0.25, -0.2) is 5.10 Å². The van der Waals surface area contributed by atoms with Crippen LogP contribution in [0.4, 0.5) is 18.9 Å². The molecule has 12 heteroatoms. The fourth-order valence-electron chi connectivity index (χ4n) is 3.97. The molecule has 1 atom stereocenters. The van der Waals surface area contributed by atoms with Crippen LogP contribution in [0.15, 0.2) is 66.7 Å². The number of aromatic amines is 1. The number of rotatable bonds is 12. The third kappa shape index (κ3) is 7.95. The Kier molecular flexibility index (Phi) is 9.60. The van der Waals surface area contributed by atoms with Crippen LogP contribution in [0, 0.1) is 0 Å². The number of nitrogens with one attached hydrogen (secondary N) is 3. The topological polar surface area (TPSA) is 105 Å². The second-order valence-electron chi connectivity index (χ2n) is 9.12. The lowest BCUT2D eigenvalue weighted by atomic mass is 10.0. The van der Waals surface area contributed by atoms with Crippen molar-refractivity contribution in [1.29, 1.82) is 0 Å². The van der Waals surface area contributed by atoms with E-state index in [1.165, 1.54) is 6.07 Å². The normalized spacial score (nSPS) is 12.1. The van der Waals surface area contributed by atoms with Crippen LogP contribution in [0.5, 0.6) is 5.75 Å². The van der Waals surface area contributed by atoms with Crippen LogP contribution in [-0.2, 0) is 12.7 Å². The van der Waals surface area contributed by atoms with Crippen molar-refractivity contribution in [3.63, 3.8) is 0 Å². The molecule has 1 amide bonds. The van der Waals surface area contributed by atoms with Crippen LogP contribution in [0.2, 0.25) is 5.02 Å². The first-order chi connectivity index (χ1) is 19.2. The Morgan fingerprint density at radius 3 is 2.45 bits per heavy atom. The number of hydrogen-bond acceptors (Lipinski definition) is 6. The number of halogens is 4. The van der Waals surface area contributed by atoms with Gasteiger partial charge in [-0.05, 0) is 70.9 Å². The number of unbranched alkanes of at least 4 members (excludes halogenated alkanes) is 1. The smallest absolute Gasteiger partial charge is 0.416 e. The Morgan fingerprint density at radius 2 is 1.82 bits per heavy atom. The molecule has 3 aromatic carbocycles. The SMILES string of the molecule is CCCCC(COc1ccc(-c2ccc(C(F)(F)F)cc2Cl)cc1)Nc1ccc(C(=O)NCc2nnn[nH]2)cc1. The van der Waals surface area contributed by atoms with Gasteiger partial charge in [-0.2, -0.15) is 13.2 Å². The summed E-state index contributed by atoms with van der Waals surface area (Å²) in [6.45, 7) is 2.71. The summed E-state index contributed by atoms with van der Waals surface area (Å²) >= 11 is 6.13. The molecular formula is C28H28ClF3N6O2. The number of amides is 1. The summed E-state index contributed by atoms with van der Waals surface area (Å²) in [6, 6.07) is 17.5. The first kappa shape index (κ1) is 28.9. The van der Waals surface area contributed by atoms with Gasteiger partial charge in [0.05, 0.1) is 18.2 Å². The molecule has 210 valence electrons. The van der Waals surface area contributed by atoms with Crippen molar-refractivity contribution in [2.45, 2.75) is 44.9 Å². The highest BCUT2D eigenvalue weighted by Gasteiger charge is 2.31. The molecule has 0 aliphatic carbocycles. The van der Waals surface area contributed by atoms with E-state index in [1.807, 2.05) is 12.1 Å². The van der Waals surface area contributed by atoms with Gasteiger partial charge in [-0.15, -0.1) is 5.10 Å².